The number of ether oxygens (including phenoxy) is 1. The number of hydrogen-bond acceptors (Lipinski definition) is 4. The van der Waals surface area contributed by atoms with Crippen LogP contribution in [-0.2, 0) is 16.1 Å². The smallest absolute Gasteiger partial charge is 0.337 e. The average Bonchev–Trinajstić information content (AvgIpc) is 3.09. The predicted octanol–water partition coefficient (Wildman–Crippen LogP) is 4.79. The molecule has 0 N–H and O–H groups in total. The molecule has 6 nitrogen and oxygen atoms in total. The van der Waals surface area contributed by atoms with Gasteiger partial charge >= 0.3 is 5.97 Å². The van der Waals surface area contributed by atoms with Gasteiger partial charge in [0, 0.05) is 30.0 Å². The molecular weight excluding hydrogens is 470 g/mol. The van der Waals surface area contributed by atoms with Crippen molar-refractivity contribution in [3.8, 4) is 0 Å². The number of halogens is 1. The molecule has 174 valence electrons. The van der Waals surface area contributed by atoms with E-state index in [2.05, 4.69) is 39.5 Å². The lowest BCUT2D eigenvalue weighted by Crippen LogP contribution is -2.45. The number of nitrogens with zero attached hydrogens (tertiary/aromatic N) is 3. The lowest BCUT2D eigenvalue weighted by Gasteiger charge is -2.35. The minimum absolute atomic E-state index is 0.159. The monoisotopic (exact) mass is 503 g/mol. The Hall–Kier alpha value is -1.86. The molecule has 1 amide bonds. The number of piperidine rings is 1. The highest BCUT2D eigenvalue weighted by atomic mass is 79.9. The quantitative estimate of drug-likeness (QED) is 0.550. The van der Waals surface area contributed by atoms with Crippen LogP contribution in [-0.4, -0.2) is 66.6 Å². The summed E-state index contributed by atoms with van der Waals surface area (Å²) >= 11 is 3.86. The van der Waals surface area contributed by atoms with E-state index < -0.39 is 0 Å². The van der Waals surface area contributed by atoms with Crippen molar-refractivity contribution in [1.29, 1.82) is 0 Å². The van der Waals surface area contributed by atoms with Gasteiger partial charge in [0.2, 0.25) is 5.91 Å². The topological polar surface area (TPSA) is 54.8 Å². The number of benzene rings is 1. The maximum absolute atomic E-state index is 13.2. The molecule has 1 aliphatic heterocycles. The van der Waals surface area contributed by atoms with Crippen LogP contribution in [0.5, 0.6) is 0 Å². The molecule has 1 saturated carbocycles. The van der Waals surface area contributed by atoms with Crippen LogP contribution in [0.2, 0.25) is 0 Å². The Kier molecular flexibility index (Phi) is 7.25. The first-order valence-electron chi connectivity index (χ1n) is 11.7. The number of aromatic nitrogens is 1. The summed E-state index contributed by atoms with van der Waals surface area (Å²) in [4.78, 5) is 29.7. The van der Waals surface area contributed by atoms with Crippen LogP contribution >= 0.6 is 15.9 Å². The molecule has 2 aromatic rings. The molecule has 1 aromatic heterocycles. The zero-order valence-corrected chi connectivity index (χ0v) is 21.0. The van der Waals surface area contributed by atoms with E-state index in [1.54, 1.807) is 6.07 Å². The number of hydrogen-bond donors (Lipinski definition) is 0. The summed E-state index contributed by atoms with van der Waals surface area (Å²) in [6.45, 7) is 1.93. The summed E-state index contributed by atoms with van der Waals surface area (Å²) < 4.78 is 8.04. The van der Waals surface area contributed by atoms with Crippen LogP contribution in [0, 0.1) is 0 Å². The molecule has 2 aliphatic rings. The van der Waals surface area contributed by atoms with Crippen LogP contribution in [0.3, 0.4) is 0 Å². The summed E-state index contributed by atoms with van der Waals surface area (Å²) in [5.74, 6) is 0.276. The van der Waals surface area contributed by atoms with Crippen LogP contribution in [0.15, 0.2) is 22.8 Å². The Morgan fingerprint density at radius 1 is 1.09 bits per heavy atom. The number of fused-ring (bicyclic) bond motifs is 1. The van der Waals surface area contributed by atoms with E-state index in [0.29, 0.717) is 24.1 Å². The third kappa shape index (κ3) is 4.60. The van der Waals surface area contributed by atoms with Crippen molar-refractivity contribution in [3.05, 3.63) is 33.9 Å². The Labute approximate surface area is 199 Å². The van der Waals surface area contributed by atoms with Crippen LogP contribution in [0.25, 0.3) is 10.9 Å². The van der Waals surface area contributed by atoms with Crippen molar-refractivity contribution < 1.29 is 14.3 Å². The number of carbonyl (C=O) groups is 2. The van der Waals surface area contributed by atoms with Crippen molar-refractivity contribution >= 4 is 38.7 Å². The van der Waals surface area contributed by atoms with Crippen LogP contribution in [0.1, 0.15) is 66.8 Å². The molecule has 0 bridgehead atoms. The Morgan fingerprint density at radius 3 is 2.41 bits per heavy atom. The van der Waals surface area contributed by atoms with Gasteiger partial charge in [-0.05, 0) is 85.4 Å². The van der Waals surface area contributed by atoms with Gasteiger partial charge in [-0.3, -0.25) is 4.79 Å². The molecule has 1 aliphatic carbocycles. The number of rotatable bonds is 5. The second-order valence-corrected chi connectivity index (χ2v) is 10.2. The molecule has 0 unspecified atom stereocenters. The average molecular weight is 504 g/mol. The summed E-state index contributed by atoms with van der Waals surface area (Å²) in [6, 6.07) is 6.26. The van der Waals surface area contributed by atoms with Crippen molar-refractivity contribution in [2.24, 2.45) is 0 Å². The fourth-order valence-electron chi connectivity index (χ4n) is 5.40. The SMILES string of the molecule is COC(=O)c1ccc2c(c1)c(C1CCCCC1)c(Br)n2CC(=O)N1CCC(N(C)C)CC1. The van der Waals surface area contributed by atoms with E-state index in [1.165, 1.54) is 31.9 Å². The van der Waals surface area contributed by atoms with Gasteiger partial charge in [0.25, 0.3) is 0 Å². The maximum Gasteiger partial charge on any atom is 0.337 e. The van der Waals surface area contributed by atoms with E-state index in [1.807, 2.05) is 17.0 Å². The minimum Gasteiger partial charge on any atom is -0.465 e. The molecule has 0 atom stereocenters. The van der Waals surface area contributed by atoms with Gasteiger partial charge in [-0.25, -0.2) is 4.79 Å². The first-order valence-corrected chi connectivity index (χ1v) is 12.5. The first-order chi connectivity index (χ1) is 15.4. The van der Waals surface area contributed by atoms with Crippen molar-refractivity contribution in [1.82, 2.24) is 14.4 Å². The molecule has 0 radical (unpaired) electrons. The van der Waals surface area contributed by atoms with E-state index >= 15 is 0 Å². The van der Waals surface area contributed by atoms with Crippen molar-refractivity contribution in [2.45, 2.75) is 63.5 Å². The number of amides is 1. The number of esters is 1. The van der Waals surface area contributed by atoms with E-state index in [4.69, 9.17) is 4.74 Å². The molecule has 7 heteroatoms. The second-order valence-electron chi connectivity index (χ2n) is 9.42. The molecule has 1 saturated heterocycles. The minimum atomic E-state index is -0.329. The fourth-order valence-corrected chi connectivity index (χ4v) is 6.25. The van der Waals surface area contributed by atoms with Crippen molar-refractivity contribution in [3.63, 3.8) is 0 Å². The lowest BCUT2D eigenvalue weighted by atomic mass is 9.84. The third-order valence-corrected chi connectivity index (χ3v) is 8.17. The van der Waals surface area contributed by atoms with Gasteiger partial charge in [0.1, 0.15) is 6.54 Å². The summed E-state index contributed by atoms with van der Waals surface area (Å²) in [5.41, 5.74) is 2.80. The second kappa shape index (κ2) is 9.96. The number of carbonyl (C=O) groups excluding carboxylic acids is 2. The van der Waals surface area contributed by atoms with Gasteiger partial charge in [0.05, 0.1) is 17.3 Å². The highest BCUT2D eigenvalue weighted by Gasteiger charge is 2.28. The Morgan fingerprint density at radius 2 is 1.78 bits per heavy atom. The van der Waals surface area contributed by atoms with Gasteiger partial charge < -0.3 is 19.1 Å². The Balaban J connectivity index is 1.65. The Bertz CT molecular complexity index is 986. The summed E-state index contributed by atoms with van der Waals surface area (Å²) in [6.07, 6.45) is 8.05. The summed E-state index contributed by atoms with van der Waals surface area (Å²) in [5, 5.41) is 1.06. The molecule has 2 fully saturated rings. The van der Waals surface area contributed by atoms with Crippen LogP contribution in [0.4, 0.5) is 0 Å². The molecule has 2 heterocycles. The highest BCUT2D eigenvalue weighted by Crippen LogP contribution is 2.42. The standard InChI is InChI=1S/C25H34BrN3O3/c1-27(2)19-11-13-28(14-12-19)22(30)16-29-21-10-9-18(25(31)32-3)15-20(21)23(24(29)26)17-7-5-4-6-8-17/h9-10,15,17,19H,4-8,11-14,16H2,1-3H3. The van der Waals surface area contributed by atoms with Gasteiger partial charge in [-0.15, -0.1) is 0 Å². The summed E-state index contributed by atoms with van der Waals surface area (Å²) in [7, 11) is 5.63. The maximum atomic E-state index is 13.2. The fraction of sp³-hybridized carbons (Fsp3) is 0.600. The molecule has 1 aromatic carbocycles. The molecular formula is C25H34BrN3O3. The lowest BCUT2D eigenvalue weighted by molar-refractivity contribution is -0.133. The van der Waals surface area contributed by atoms with E-state index in [-0.39, 0.29) is 11.9 Å². The third-order valence-electron chi connectivity index (χ3n) is 7.31. The first kappa shape index (κ1) is 23.3. The van der Waals surface area contributed by atoms with Gasteiger partial charge in [-0.1, -0.05) is 19.3 Å². The van der Waals surface area contributed by atoms with E-state index in [0.717, 1.165) is 54.3 Å². The van der Waals surface area contributed by atoms with Gasteiger partial charge in [0.15, 0.2) is 0 Å². The molecule has 0 spiro atoms. The number of likely N-dealkylation sites (tertiary alicyclic amines) is 1. The zero-order chi connectivity index (χ0) is 22.8. The normalized spacial score (nSPS) is 18.5. The largest absolute Gasteiger partial charge is 0.465 e. The zero-order valence-electron chi connectivity index (χ0n) is 19.4. The van der Waals surface area contributed by atoms with Gasteiger partial charge in [-0.2, -0.15) is 0 Å². The highest BCUT2D eigenvalue weighted by molar-refractivity contribution is 9.10. The van der Waals surface area contributed by atoms with E-state index in [9.17, 15) is 9.59 Å². The molecule has 4 rings (SSSR count). The predicted molar refractivity (Wildman–Crippen MR) is 130 cm³/mol. The van der Waals surface area contributed by atoms with Crippen LogP contribution < -0.4 is 0 Å². The van der Waals surface area contributed by atoms with Crippen molar-refractivity contribution in [2.75, 3.05) is 34.3 Å². The number of methoxy groups -OCH3 is 1. The molecule has 32 heavy (non-hydrogen) atoms.